The first-order chi connectivity index (χ1) is 8.61. The van der Waals surface area contributed by atoms with Crippen LogP contribution in [0, 0.1) is 0 Å². The van der Waals surface area contributed by atoms with Gasteiger partial charge in [-0.3, -0.25) is 4.79 Å². The van der Waals surface area contributed by atoms with Gasteiger partial charge in [0.1, 0.15) is 5.76 Å². The highest BCUT2D eigenvalue weighted by Crippen LogP contribution is 2.17. The summed E-state index contributed by atoms with van der Waals surface area (Å²) in [5.41, 5.74) is 5.71. The number of nitrogens with two attached hydrogens (primary N) is 1. The second-order valence-electron chi connectivity index (χ2n) is 4.47. The number of hydrogen-bond acceptors (Lipinski definition) is 5. The van der Waals surface area contributed by atoms with E-state index < -0.39 is 6.10 Å². The van der Waals surface area contributed by atoms with Gasteiger partial charge in [0.05, 0.1) is 11.9 Å². The molecule has 1 aromatic rings. The van der Waals surface area contributed by atoms with Crippen molar-refractivity contribution in [1.82, 2.24) is 4.90 Å². The van der Waals surface area contributed by atoms with Crippen molar-refractivity contribution in [3.05, 3.63) is 23.7 Å². The number of carbonyl (C=O) groups is 1. The van der Waals surface area contributed by atoms with E-state index in [4.69, 9.17) is 10.2 Å². The molecule has 100 valence electrons. The molecule has 1 saturated heterocycles. The summed E-state index contributed by atoms with van der Waals surface area (Å²) in [4.78, 5) is 13.7. The van der Waals surface area contributed by atoms with E-state index in [2.05, 4.69) is 0 Å². The fourth-order valence-corrected chi connectivity index (χ4v) is 2.44. The van der Waals surface area contributed by atoms with Gasteiger partial charge in [0.15, 0.2) is 5.76 Å². The fourth-order valence-electron chi connectivity index (χ4n) is 2.00. The molecule has 0 unspecified atom stereocenters. The van der Waals surface area contributed by atoms with Crippen molar-refractivity contribution in [3.63, 3.8) is 0 Å². The Morgan fingerprint density at radius 1 is 1.67 bits per heavy atom. The van der Waals surface area contributed by atoms with Crippen LogP contribution in [0.2, 0.25) is 0 Å². The predicted octanol–water partition coefficient (Wildman–Crippen LogP) is 0.677. The number of furan rings is 1. The number of amides is 1. The monoisotopic (exact) mass is 270 g/mol. The van der Waals surface area contributed by atoms with Crippen LogP contribution < -0.4 is 5.73 Å². The van der Waals surface area contributed by atoms with Gasteiger partial charge in [0.25, 0.3) is 5.91 Å². The largest absolute Gasteiger partial charge is 0.455 e. The van der Waals surface area contributed by atoms with Crippen LogP contribution >= 0.6 is 11.8 Å². The lowest BCUT2D eigenvalue weighted by molar-refractivity contribution is 0.0372. The molecule has 0 radical (unpaired) electrons. The maximum atomic E-state index is 12.1. The Balaban J connectivity index is 2.02. The number of nitrogens with zero attached hydrogens (tertiary/aromatic N) is 1. The zero-order valence-electron chi connectivity index (χ0n) is 10.3. The molecule has 2 heterocycles. The average Bonchev–Trinajstić information content (AvgIpc) is 2.81. The quantitative estimate of drug-likeness (QED) is 0.844. The number of likely N-dealkylation sites (tertiary alicyclic amines) is 1. The number of β-amino-alcohol motifs (C(OH)–C–C–N with tert-alkyl or cyclic N) is 1. The van der Waals surface area contributed by atoms with Crippen LogP contribution in [0.5, 0.6) is 0 Å². The standard InChI is InChI=1S/C12H18N2O3S/c1-18-7-8-2-3-11(17-8)12(16)14-5-4-9(13)10(15)6-14/h2-3,9-10,15H,4-7,13H2,1H3/t9-,10-/m1/s1. The summed E-state index contributed by atoms with van der Waals surface area (Å²) in [6.07, 6.45) is 1.95. The van der Waals surface area contributed by atoms with Crippen molar-refractivity contribution in [2.45, 2.75) is 24.3 Å². The molecule has 3 N–H and O–H groups in total. The molecule has 0 bridgehead atoms. The Bertz CT molecular complexity index is 421. The van der Waals surface area contributed by atoms with E-state index in [1.165, 1.54) is 0 Å². The molecule has 0 saturated carbocycles. The number of aliphatic hydroxyl groups is 1. The molecule has 2 rings (SSSR count). The van der Waals surface area contributed by atoms with E-state index in [9.17, 15) is 9.90 Å². The van der Waals surface area contributed by atoms with Gasteiger partial charge in [0.2, 0.25) is 0 Å². The van der Waals surface area contributed by atoms with Gasteiger partial charge in [0, 0.05) is 19.1 Å². The summed E-state index contributed by atoms with van der Waals surface area (Å²) in [5, 5.41) is 9.68. The first-order valence-electron chi connectivity index (χ1n) is 5.92. The number of aliphatic hydroxyl groups excluding tert-OH is 1. The van der Waals surface area contributed by atoms with Gasteiger partial charge < -0.3 is 20.2 Å². The minimum atomic E-state index is -0.650. The molecular weight excluding hydrogens is 252 g/mol. The second-order valence-corrected chi connectivity index (χ2v) is 5.34. The minimum Gasteiger partial charge on any atom is -0.455 e. The highest BCUT2D eigenvalue weighted by Gasteiger charge is 2.29. The normalized spacial score (nSPS) is 24.3. The fraction of sp³-hybridized carbons (Fsp3) is 0.583. The summed E-state index contributed by atoms with van der Waals surface area (Å²) >= 11 is 1.64. The van der Waals surface area contributed by atoms with Crippen molar-refractivity contribution in [3.8, 4) is 0 Å². The zero-order valence-corrected chi connectivity index (χ0v) is 11.2. The molecule has 6 heteroatoms. The maximum absolute atomic E-state index is 12.1. The van der Waals surface area contributed by atoms with E-state index >= 15 is 0 Å². The van der Waals surface area contributed by atoms with Crippen LogP contribution in [0.3, 0.4) is 0 Å². The van der Waals surface area contributed by atoms with E-state index in [0.717, 1.165) is 11.5 Å². The Morgan fingerprint density at radius 2 is 2.44 bits per heavy atom. The van der Waals surface area contributed by atoms with Gasteiger partial charge in [-0.2, -0.15) is 11.8 Å². The van der Waals surface area contributed by atoms with E-state index in [1.807, 2.05) is 12.3 Å². The Hall–Kier alpha value is -0.980. The first kappa shape index (κ1) is 13.5. The maximum Gasteiger partial charge on any atom is 0.289 e. The molecule has 2 atom stereocenters. The molecule has 1 aliphatic heterocycles. The predicted molar refractivity (Wildman–Crippen MR) is 70.4 cm³/mol. The van der Waals surface area contributed by atoms with Gasteiger partial charge in [-0.05, 0) is 24.8 Å². The molecule has 5 nitrogen and oxygen atoms in total. The number of hydrogen-bond donors (Lipinski definition) is 2. The topological polar surface area (TPSA) is 79.7 Å². The lowest BCUT2D eigenvalue weighted by Crippen LogP contribution is -2.52. The highest BCUT2D eigenvalue weighted by atomic mass is 32.2. The molecule has 0 spiro atoms. The summed E-state index contributed by atoms with van der Waals surface area (Å²) < 4.78 is 5.48. The molecule has 1 fully saturated rings. The van der Waals surface area contributed by atoms with Crippen molar-refractivity contribution < 1.29 is 14.3 Å². The van der Waals surface area contributed by atoms with Crippen LogP contribution in [0.15, 0.2) is 16.5 Å². The van der Waals surface area contributed by atoms with Crippen molar-refractivity contribution in [1.29, 1.82) is 0 Å². The molecular formula is C12H18N2O3S. The van der Waals surface area contributed by atoms with Crippen LogP contribution in [0.25, 0.3) is 0 Å². The number of rotatable bonds is 3. The third-order valence-electron chi connectivity index (χ3n) is 3.08. The van der Waals surface area contributed by atoms with E-state index in [-0.39, 0.29) is 18.5 Å². The summed E-state index contributed by atoms with van der Waals surface area (Å²) in [7, 11) is 0. The van der Waals surface area contributed by atoms with E-state index in [1.54, 1.807) is 22.7 Å². The Labute approximate surface area is 110 Å². The van der Waals surface area contributed by atoms with Gasteiger partial charge in [-0.15, -0.1) is 0 Å². The molecule has 1 aromatic heterocycles. The van der Waals surface area contributed by atoms with Crippen LogP contribution in [-0.2, 0) is 5.75 Å². The first-order valence-corrected chi connectivity index (χ1v) is 7.31. The number of piperidine rings is 1. The van der Waals surface area contributed by atoms with Gasteiger partial charge in [-0.25, -0.2) is 0 Å². The minimum absolute atomic E-state index is 0.173. The lowest BCUT2D eigenvalue weighted by Gasteiger charge is -2.33. The highest BCUT2D eigenvalue weighted by molar-refractivity contribution is 7.97. The van der Waals surface area contributed by atoms with Crippen LogP contribution in [0.1, 0.15) is 22.7 Å². The average molecular weight is 270 g/mol. The van der Waals surface area contributed by atoms with E-state index in [0.29, 0.717) is 18.7 Å². The summed E-state index contributed by atoms with van der Waals surface area (Å²) in [5.74, 6) is 1.70. The number of carbonyl (C=O) groups excluding carboxylic acids is 1. The lowest BCUT2D eigenvalue weighted by atomic mass is 10.0. The van der Waals surface area contributed by atoms with Crippen molar-refractivity contribution in [2.24, 2.45) is 5.73 Å². The second kappa shape index (κ2) is 5.77. The van der Waals surface area contributed by atoms with Crippen molar-refractivity contribution in [2.75, 3.05) is 19.3 Å². The smallest absolute Gasteiger partial charge is 0.289 e. The Morgan fingerprint density at radius 3 is 3.11 bits per heavy atom. The molecule has 1 aliphatic rings. The van der Waals surface area contributed by atoms with Crippen LogP contribution in [0.4, 0.5) is 0 Å². The molecule has 0 aliphatic carbocycles. The third kappa shape index (κ3) is 2.88. The summed E-state index contributed by atoms with van der Waals surface area (Å²) in [6.45, 7) is 0.841. The van der Waals surface area contributed by atoms with Crippen LogP contribution in [-0.4, -0.2) is 47.4 Å². The SMILES string of the molecule is CSCc1ccc(C(=O)N2CC[C@@H](N)[C@H](O)C2)o1. The Kier molecular flexibility index (Phi) is 4.31. The molecule has 1 amide bonds. The molecule has 18 heavy (non-hydrogen) atoms. The zero-order chi connectivity index (χ0) is 13.1. The number of thioether (sulfide) groups is 1. The summed E-state index contributed by atoms with van der Waals surface area (Å²) in [6, 6.07) is 3.27. The van der Waals surface area contributed by atoms with Gasteiger partial charge >= 0.3 is 0 Å². The van der Waals surface area contributed by atoms with Gasteiger partial charge in [-0.1, -0.05) is 0 Å². The van der Waals surface area contributed by atoms with Crippen molar-refractivity contribution >= 4 is 17.7 Å². The third-order valence-corrected chi connectivity index (χ3v) is 3.65. The molecule has 0 aromatic carbocycles.